The van der Waals surface area contributed by atoms with Crippen LogP contribution in [0.4, 0.5) is 10.5 Å². The molecule has 1 rings (SSSR count). The van der Waals surface area contributed by atoms with Crippen molar-refractivity contribution in [2.75, 3.05) is 12.4 Å². The predicted molar refractivity (Wildman–Crippen MR) is 83.9 cm³/mol. The van der Waals surface area contributed by atoms with E-state index in [0.717, 1.165) is 6.42 Å². The van der Waals surface area contributed by atoms with E-state index < -0.39 is 18.0 Å². The Bertz CT molecular complexity index is 523. The Balaban J connectivity index is 2.73. The summed E-state index contributed by atoms with van der Waals surface area (Å²) in [6.07, 6.45) is 0.729. The highest BCUT2D eigenvalue weighted by Gasteiger charge is 2.26. The SMILES string of the molecule is CC[C@@H](C)[C@@H](NC(=O)Nc1ccc(Cl)c(Cl)c1)C(=O)OC. The van der Waals surface area contributed by atoms with E-state index >= 15 is 0 Å². The summed E-state index contributed by atoms with van der Waals surface area (Å²) in [5, 5.41) is 5.93. The number of ether oxygens (including phenoxy) is 1. The van der Waals surface area contributed by atoms with Gasteiger partial charge in [-0.1, -0.05) is 43.5 Å². The number of rotatable bonds is 5. The maximum absolute atomic E-state index is 12.0. The van der Waals surface area contributed by atoms with Crippen molar-refractivity contribution in [3.8, 4) is 0 Å². The third kappa shape index (κ3) is 5.10. The van der Waals surface area contributed by atoms with Gasteiger partial charge in [-0.25, -0.2) is 9.59 Å². The molecule has 116 valence electrons. The van der Waals surface area contributed by atoms with Crippen LogP contribution in [-0.4, -0.2) is 25.2 Å². The monoisotopic (exact) mass is 332 g/mol. The molecule has 0 saturated heterocycles. The highest BCUT2D eigenvalue weighted by atomic mass is 35.5. The van der Waals surface area contributed by atoms with Gasteiger partial charge in [0.1, 0.15) is 6.04 Å². The Hall–Kier alpha value is -1.46. The van der Waals surface area contributed by atoms with E-state index in [2.05, 4.69) is 10.6 Å². The molecular weight excluding hydrogens is 315 g/mol. The zero-order chi connectivity index (χ0) is 16.0. The fraction of sp³-hybridized carbons (Fsp3) is 0.429. The standard InChI is InChI=1S/C14H18Cl2N2O3/c1-4-8(2)12(13(19)21-3)18-14(20)17-9-5-6-10(15)11(16)7-9/h5-8,12H,4H2,1-3H3,(H2,17,18,20)/t8-,12-/m1/s1. The molecule has 0 heterocycles. The van der Waals surface area contributed by atoms with Gasteiger partial charge < -0.3 is 15.4 Å². The van der Waals surface area contributed by atoms with Gasteiger partial charge in [0, 0.05) is 5.69 Å². The first kappa shape index (κ1) is 17.6. The second-order valence-electron chi connectivity index (χ2n) is 4.61. The number of hydrogen-bond acceptors (Lipinski definition) is 3. The lowest BCUT2D eigenvalue weighted by molar-refractivity contribution is -0.144. The average molecular weight is 333 g/mol. The first-order chi connectivity index (χ1) is 9.88. The predicted octanol–water partition coefficient (Wildman–Crippen LogP) is 3.70. The van der Waals surface area contributed by atoms with Crippen LogP contribution in [0.15, 0.2) is 18.2 Å². The lowest BCUT2D eigenvalue weighted by atomic mass is 9.99. The van der Waals surface area contributed by atoms with Gasteiger partial charge in [0.05, 0.1) is 17.2 Å². The van der Waals surface area contributed by atoms with Crippen LogP contribution in [-0.2, 0) is 9.53 Å². The van der Waals surface area contributed by atoms with Crippen LogP contribution < -0.4 is 10.6 Å². The van der Waals surface area contributed by atoms with E-state index in [1.54, 1.807) is 12.1 Å². The normalized spacial score (nSPS) is 13.2. The molecule has 21 heavy (non-hydrogen) atoms. The molecule has 0 aromatic heterocycles. The van der Waals surface area contributed by atoms with Gasteiger partial charge in [0.2, 0.25) is 0 Å². The number of nitrogens with one attached hydrogen (secondary N) is 2. The summed E-state index contributed by atoms with van der Waals surface area (Å²) in [5.74, 6) is -0.523. The smallest absolute Gasteiger partial charge is 0.328 e. The molecule has 0 aliphatic rings. The first-order valence-corrected chi connectivity index (χ1v) is 7.25. The number of carbonyl (C=O) groups is 2. The van der Waals surface area contributed by atoms with Crippen molar-refractivity contribution in [3.63, 3.8) is 0 Å². The van der Waals surface area contributed by atoms with Gasteiger partial charge in [0.15, 0.2) is 0 Å². The third-order valence-corrected chi connectivity index (χ3v) is 3.87. The largest absolute Gasteiger partial charge is 0.467 e. The van der Waals surface area contributed by atoms with E-state index in [1.807, 2.05) is 13.8 Å². The number of carbonyl (C=O) groups excluding carboxylic acids is 2. The minimum Gasteiger partial charge on any atom is -0.467 e. The van der Waals surface area contributed by atoms with E-state index in [9.17, 15) is 9.59 Å². The molecule has 0 aliphatic heterocycles. The minimum atomic E-state index is -0.706. The molecule has 0 unspecified atom stereocenters. The number of amides is 2. The summed E-state index contributed by atoms with van der Waals surface area (Å²) in [4.78, 5) is 23.6. The average Bonchev–Trinajstić information content (AvgIpc) is 2.47. The molecule has 0 bridgehead atoms. The summed E-state index contributed by atoms with van der Waals surface area (Å²) in [6, 6.07) is 3.50. The lowest BCUT2D eigenvalue weighted by Crippen LogP contribution is -2.47. The Morgan fingerprint density at radius 2 is 1.95 bits per heavy atom. The van der Waals surface area contributed by atoms with Crippen molar-refractivity contribution >= 4 is 40.9 Å². The van der Waals surface area contributed by atoms with Crippen LogP contribution >= 0.6 is 23.2 Å². The van der Waals surface area contributed by atoms with Crippen molar-refractivity contribution in [2.24, 2.45) is 5.92 Å². The highest BCUT2D eigenvalue weighted by Crippen LogP contribution is 2.25. The molecule has 7 heteroatoms. The second kappa shape index (κ2) is 8.10. The minimum absolute atomic E-state index is 0.0444. The molecule has 0 radical (unpaired) electrons. The van der Waals surface area contributed by atoms with Crippen LogP contribution in [0.1, 0.15) is 20.3 Å². The molecule has 0 aliphatic carbocycles. The van der Waals surface area contributed by atoms with Gasteiger partial charge in [0.25, 0.3) is 0 Å². The van der Waals surface area contributed by atoms with E-state index in [1.165, 1.54) is 13.2 Å². The topological polar surface area (TPSA) is 67.4 Å². The van der Waals surface area contributed by atoms with Gasteiger partial charge in [-0.05, 0) is 24.1 Å². The van der Waals surface area contributed by atoms with Crippen LogP contribution in [0, 0.1) is 5.92 Å². The van der Waals surface area contributed by atoms with Crippen molar-refractivity contribution in [3.05, 3.63) is 28.2 Å². The number of anilines is 1. The third-order valence-electron chi connectivity index (χ3n) is 3.13. The van der Waals surface area contributed by atoms with E-state index in [-0.39, 0.29) is 5.92 Å². The molecule has 1 aromatic rings. The number of esters is 1. The number of urea groups is 1. The van der Waals surface area contributed by atoms with Crippen molar-refractivity contribution < 1.29 is 14.3 Å². The van der Waals surface area contributed by atoms with E-state index in [0.29, 0.717) is 15.7 Å². The van der Waals surface area contributed by atoms with Crippen LogP contribution in [0.5, 0.6) is 0 Å². The molecule has 5 nitrogen and oxygen atoms in total. The molecule has 0 spiro atoms. The van der Waals surface area contributed by atoms with Gasteiger partial charge in [-0.3, -0.25) is 0 Å². The van der Waals surface area contributed by atoms with Crippen LogP contribution in [0.25, 0.3) is 0 Å². The second-order valence-corrected chi connectivity index (χ2v) is 5.43. The summed E-state index contributed by atoms with van der Waals surface area (Å²) < 4.78 is 4.70. The zero-order valence-corrected chi connectivity index (χ0v) is 13.6. The lowest BCUT2D eigenvalue weighted by Gasteiger charge is -2.22. The van der Waals surface area contributed by atoms with Crippen molar-refractivity contribution in [1.82, 2.24) is 5.32 Å². The van der Waals surface area contributed by atoms with Gasteiger partial charge in [-0.15, -0.1) is 0 Å². The molecule has 2 amide bonds. The van der Waals surface area contributed by atoms with Crippen LogP contribution in [0.3, 0.4) is 0 Å². The number of halogens is 2. The fourth-order valence-electron chi connectivity index (χ4n) is 1.68. The Labute approximate surface area is 133 Å². The Morgan fingerprint density at radius 1 is 1.29 bits per heavy atom. The van der Waals surface area contributed by atoms with Crippen molar-refractivity contribution in [1.29, 1.82) is 0 Å². The van der Waals surface area contributed by atoms with Crippen LogP contribution in [0.2, 0.25) is 10.0 Å². The maximum Gasteiger partial charge on any atom is 0.328 e. The number of hydrogen-bond donors (Lipinski definition) is 2. The Morgan fingerprint density at radius 3 is 2.48 bits per heavy atom. The maximum atomic E-state index is 12.0. The molecule has 0 saturated carbocycles. The summed E-state index contributed by atoms with van der Waals surface area (Å²) in [5.41, 5.74) is 0.481. The van der Waals surface area contributed by atoms with E-state index in [4.69, 9.17) is 27.9 Å². The molecule has 1 aromatic carbocycles. The number of methoxy groups -OCH3 is 1. The van der Waals surface area contributed by atoms with Gasteiger partial charge >= 0.3 is 12.0 Å². The fourth-order valence-corrected chi connectivity index (χ4v) is 1.98. The van der Waals surface area contributed by atoms with Gasteiger partial charge in [-0.2, -0.15) is 0 Å². The quantitative estimate of drug-likeness (QED) is 0.808. The summed E-state index contributed by atoms with van der Waals surface area (Å²) >= 11 is 11.7. The Kier molecular flexibility index (Phi) is 6.78. The molecule has 2 atom stereocenters. The zero-order valence-electron chi connectivity index (χ0n) is 12.1. The summed E-state index contributed by atoms with van der Waals surface area (Å²) in [7, 11) is 1.29. The first-order valence-electron chi connectivity index (χ1n) is 6.49. The summed E-state index contributed by atoms with van der Waals surface area (Å²) in [6.45, 7) is 3.79. The molecular formula is C14H18Cl2N2O3. The van der Waals surface area contributed by atoms with Crippen molar-refractivity contribution in [2.45, 2.75) is 26.3 Å². The number of benzene rings is 1. The highest BCUT2D eigenvalue weighted by molar-refractivity contribution is 6.42. The molecule has 0 fully saturated rings. The molecule has 2 N–H and O–H groups in total.